The maximum atomic E-state index is 14.3. The number of hydrogen-bond donors (Lipinski definition) is 2. The Bertz CT molecular complexity index is 1200. The van der Waals surface area contributed by atoms with Crippen molar-refractivity contribution in [2.45, 2.75) is 31.3 Å². The fraction of sp³-hybridized carbons (Fsp3) is 0.350. The molecule has 36 heavy (non-hydrogen) atoms. The maximum Gasteiger partial charge on any atom is 0.436 e. The van der Waals surface area contributed by atoms with Gasteiger partial charge in [0.1, 0.15) is 29.7 Å². The number of nitrogens with one attached hydrogen (secondary N) is 2. The minimum atomic E-state index is -5.39. The zero-order chi connectivity index (χ0) is 27.1. The summed E-state index contributed by atoms with van der Waals surface area (Å²) in [4.78, 5) is 28.2. The van der Waals surface area contributed by atoms with Crippen LogP contribution in [0.15, 0.2) is 23.4 Å². The molecular weight excluding hydrogens is 533 g/mol. The molecule has 1 aromatic heterocycles. The molecule has 0 fully saturated rings. The van der Waals surface area contributed by atoms with Crippen LogP contribution in [0.5, 0.6) is 0 Å². The van der Waals surface area contributed by atoms with Crippen LogP contribution in [0.1, 0.15) is 32.1 Å². The molecule has 0 unspecified atom stereocenters. The summed E-state index contributed by atoms with van der Waals surface area (Å²) in [5, 5.41) is 6.94. The standard InChI is InChI=1S/C20H14F9N3O3S/c1-8-2-13(36-16(8)17(34)30-6-14(33)31-7-19(24,25)26)12-5-18(35-32-12,20(27,28)29)15-10(22)3-9(21)4-11(15)23/h2-4H,5-7H2,1H3,(H,30,34)(H,31,33)/t18-/m1/s1. The van der Waals surface area contributed by atoms with Gasteiger partial charge in [-0.1, -0.05) is 5.16 Å². The van der Waals surface area contributed by atoms with Gasteiger partial charge in [0.05, 0.1) is 28.3 Å². The monoisotopic (exact) mass is 547 g/mol. The number of hydrogen-bond acceptors (Lipinski definition) is 5. The van der Waals surface area contributed by atoms with Gasteiger partial charge in [-0.05, 0) is 18.6 Å². The van der Waals surface area contributed by atoms with Gasteiger partial charge < -0.3 is 15.5 Å². The number of carbonyl (C=O) groups is 2. The van der Waals surface area contributed by atoms with Crippen LogP contribution in [0, 0.1) is 24.4 Å². The van der Waals surface area contributed by atoms with E-state index in [2.05, 4.69) is 15.3 Å². The highest BCUT2D eigenvalue weighted by Crippen LogP contribution is 2.50. The molecule has 3 rings (SSSR count). The lowest BCUT2D eigenvalue weighted by atomic mass is 9.87. The van der Waals surface area contributed by atoms with Gasteiger partial charge >= 0.3 is 12.4 Å². The Morgan fingerprint density at radius 1 is 1.06 bits per heavy atom. The molecule has 1 aliphatic heterocycles. The van der Waals surface area contributed by atoms with E-state index in [0.717, 1.165) is 0 Å². The molecular formula is C20H14F9N3O3S. The molecule has 0 aliphatic carbocycles. The van der Waals surface area contributed by atoms with Crippen molar-refractivity contribution in [1.29, 1.82) is 0 Å². The van der Waals surface area contributed by atoms with Gasteiger partial charge in [0.15, 0.2) is 0 Å². The molecule has 2 heterocycles. The first-order valence-corrected chi connectivity index (χ1v) is 10.5. The third-order valence-corrected chi connectivity index (χ3v) is 6.19. The van der Waals surface area contributed by atoms with Gasteiger partial charge in [-0.25, -0.2) is 13.2 Å². The Hall–Kier alpha value is -3.30. The number of benzene rings is 1. The van der Waals surface area contributed by atoms with E-state index in [0.29, 0.717) is 11.3 Å². The first kappa shape index (κ1) is 27.3. The molecule has 0 saturated carbocycles. The number of alkyl halides is 6. The SMILES string of the molecule is Cc1cc(C2=NO[C@](c3c(F)cc(F)cc3F)(C(F)(F)F)C2)sc1C(=O)NCC(=O)NCC(F)(F)F. The lowest BCUT2D eigenvalue weighted by Crippen LogP contribution is -2.44. The minimum absolute atomic E-state index is 0.0479. The molecule has 2 N–H and O–H groups in total. The molecule has 196 valence electrons. The van der Waals surface area contributed by atoms with Gasteiger partial charge in [0.25, 0.3) is 11.5 Å². The van der Waals surface area contributed by atoms with E-state index in [1.165, 1.54) is 13.0 Å². The van der Waals surface area contributed by atoms with Gasteiger partial charge in [0, 0.05) is 12.1 Å². The summed E-state index contributed by atoms with van der Waals surface area (Å²) in [5.41, 5.74) is -5.42. The molecule has 0 saturated heterocycles. The van der Waals surface area contributed by atoms with Gasteiger partial charge in [-0.15, -0.1) is 11.3 Å². The van der Waals surface area contributed by atoms with Crippen molar-refractivity contribution >= 4 is 28.9 Å². The lowest BCUT2D eigenvalue weighted by Gasteiger charge is -2.29. The van der Waals surface area contributed by atoms with Crippen molar-refractivity contribution < 1.29 is 53.9 Å². The van der Waals surface area contributed by atoms with Crippen LogP contribution in [0.3, 0.4) is 0 Å². The second-order valence-corrected chi connectivity index (χ2v) is 8.62. The molecule has 0 bridgehead atoms. The summed E-state index contributed by atoms with van der Waals surface area (Å²) in [6.07, 6.45) is -11.3. The summed E-state index contributed by atoms with van der Waals surface area (Å²) >= 11 is 0.602. The number of aryl methyl sites for hydroxylation is 1. The third-order valence-electron chi connectivity index (χ3n) is 4.90. The van der Waals surface area contributed by atoms with E-state index >= 15 is 0 Å². The molecule has 6 nitrogen and oxygen atoms in total. The third kappa shape index (κ3) is 5.57. The number of carbonyl (C=O) groups excluding carboxylic acids is 2. The number of halogens is 9. The summed E-state index contributed by atoms with van der Waals surface area (Å²) in [5.74, 6) is -7.17. The Labute approximate surface area is 200 Å². The maximum absolute atomic E-state index is 14.3. The Morgan fingerprint density at radius 3 is 2.22 bits per heavy atom. The van der Waals surface area contributed by atoms with Crippen LogP contribution in [-0.2, 0) is 15.2 Å². The number of rotatable bonds is 6. The van der Waals surface area contributed by atoms with Crippen molar-refractivity contribution in [2.24, 2.45) is 5.16 Å². The van der Waals surface area contributed by atoms with Crippen LogP contribution in [0.2, 0.25) is 0 Å². The van der Waals surface area contributed by atoms with Crippen molar-refractivity contribution in [3.63, 3.8) is 0 Å². The van der Waals surface area contributed by atoms with Crippen molar-refractivity contribution in [3.05, 3.63) is 56.5 Å². The quantitative estimate of drug-likeness (QED) is 0.525. The van der Waals surface area contributed by atoms with E-state index in [-0.39, 0.29) is 27.5 Å². The Balaban J connectivity index is 1.80. The number of amides is 2. The molecule has 1 aromatic carbocycles. The zero-order valence-electron chi connectivity index (χ0n) is 17.8. The molecule has 1 aliphatic rings. The molecule has 0 spiro atoms. The smallest absolute Gasteiger partial charge is 0.374 e. The minimum Gasteiger partial charge on any atom is -0.374 e. The van der Waals surface area contributed by atoms with Crippen LogP contribution in [0.4, 0.5) is 39.5 Å². The Kier molecular flexibility index (Phi) is 7.30. The second-order valence-electron chi connectivity index (χ2n) is 7.57. The lowest BCUT2D eigenvalue weighted by molar-refractivity contribution is -0.277. The molecule has 16 heteroatoms. The predicted octanol–water partition coefficient (Wildman–Crippen LogP) is 4.46. The van der Waals surface area contributed by atoms with Crippen LogP contribution in [-0.4, -0.2) is 43.0 Å². The predicted molar refractivity (Wildman–Crippen MR) is 107 cm³/mol. The topological polar surface area (TPSA) is 79.8 Å². The molecule has 2 amide bonds. The van der Waals surface area contributed by atoms with E-state index in [1.54, 1.807) is 5.32 Å². The summed E-state index contributed by atoms with van der Waals surface area (Å²) in [6, 6.07) is 1.36. The molecule has 1 atom stereocenters. The van der Waals surface area contributed by atoms with Crippen LogP contribution in [0.25, 0.3) is 0 Å². The summed E-state index contributed by atoms with van der Waals surface area (Å²) < 4.78 is 120. The van der Waals surface area contributed by atoms with Gasteiger partial charge in [-0.2, -0.15) is 26.3 Å². The van der Waals surface area contributed by atoms with E-state index < -0.39 is 78.0 Å². The van der Waals surface area contributed by atoms with Crippen LogP contribution < -0.4 is 10.6 Å². The van der Waals surface area contributed by atoms with E-state index in [4.69, 9.17) is 0 Å². The highest BCUT2D eigenvalue weighted by Gasteiger charge is 2.64. The fourth-order valence-electron chi connectivity index (χ4n) is 3.27. The van der Waals surface area contributed by atoms with Crippen molar-refractivity contribution in [2.75, 3.05) is 13.1 Å². The highest BCUT2D eigenvalue weighted by atomic mass is 32.1. The normalized spacial score (nSPS) is 18.0. The number of oxime groups is 1. The second kappa shape index (κ2) is 9.63. The molecule has 2 aromatic rings. The van der Waals surface area contributed by atoms with Gasteiger partial charge in [-0.3, -0.25) is 9.59 Å². The first-order chi connectivity index (χ1) is 16.5. The highest BCUT2D eigenvalue weighted by molar-refractivity contribution is 7.16. The molecule has 0 radical (unpaired) electrons. The van der Waals surface area contributed by atoms with Crippen molar-refractivity contribution in [1.82, 2.24) is 10.6 Å². The summed E-state index contributed by atoms with van der Waals surface area (Å²) in [7, 11) is 0. The Morgan fingerprint density at radius 2 is 1.67 bits per heavy atom. The van der Waals surface area contributed by atoms with Crippen LogP contribution >= 0.6 is 11.3 Å². The zero-order valence-corrected chi connectivity index (χ0v) is 18.7. The average molecular weight is 547 g/mol. The van der Waals surface area contributed by atoms with Crippen molar-refractivity contribution in [3.8, 4) is 0 Å². The number of thiophene rings is 1. The summed E-state index contributed by atoms with van der Waals surface area (Å²) in [6.45, 7) is -1.04. The largest absolute Gasteiger partial charge is 0.436 e. The fourth-order valence-corrected chi connectivity index (χ4v) is 4.34. The van der Waals surface area contributed by atoms with E-state index in [1.807, 2.05) is 0 Å². The van der Waals surface area contributed by atoms with E-state index in [9.17, 15) is 49.1 Å². The first-order valence-electron chi connectivity index (χ1n) is 9.73. The van der Waals surface area contributed by atoms with Gasteiger partial charge in [0.2, 0.25) is 5.91 Å². The number of nitrogens with zero attached hydrogens (tertiary/aromatic N) is 1. The average Bonchev–Trinajstić information content (AvgIpc) is 3.34.